The van der Waals surface area contributed by atoms with Crippen LogP contribution in [-0.2, 0) is 9.53 Å². The molecule has 1 N–H and O–H groups in total. The fourth-order valence-electron chi connectivity index (χ4n) is 3.15. The largest absolute Gasteiger partial charge is 0.377 e. The lowest BCUT2D eigenvalue weighted by molar-refractivity contribution is -0.133. The topological polar surface area (TPSA) is 41.6 Å². The Morgan fingerprint density at radius 1 is 1.32 bits per heavy atom. The van der Waals surface area contributed by atoms with Crippen LogP contribution in [0.2, 0.25) is 0 Å². The van der Waals surface area contributed by atoms with E-state index in [2.05, 4.69) is 19.2 Å². The molecule has 2 heterocycles. The lowest BCUT2D eigenvalue weighted by Crippen LogP contribution is -2.56. The minimum atomic E-state index is -0.118. The second-order valence-corrected chi connectivity index (χ2v) is 6.29. The van der Waals surface area contributed by atoms with Gasteiger partial charge in [-0.25, -0.2) is 0 Å². The number of hydrogen-bond donors (Lipinski definition) is 1. The van der Waals surface area contributed by atoms with Crippen molar-refractivity contribution in [3.8, 4) is 0 Å². The Kier molecular flexibility index (Phi) is 4.85. The molecule has 4 nitrogen and oxygen atoms in total. The van der Waals surface area contributed by atoms with Crippen LogP contribution in [0.4, 0.5) is 0 Å². The van der Waals surface area contributed by atoms with Gasteiger partial charge in [0, 0.05) is 25.2 Å². The SMILES string of the molecule is CC(NC1(C)CCOC1C)C(=O)N1CCCCCC1. The van der Waals surface area contributed by atoms with Crippen molar-refractivity contribution in [1.29, 1.82) is 0 Å². The second-order valence-electron chi connectivity index (χ2n) is 6.29. The Morgan fingerprint density at radius 2 is 1.95 bits per heavy atom. The number of amides is 1. The van der Waals surface area contributed by atoms with Crippen LogP contribution in [0.15, 0.2) is 0 Å². The Morgan fingerprint density at radius 3 is 2.47 bits per heavy atom. The molecule has 0 radical (unpaired) electrons. The zero-order valence-electron chi connectivity index (χ0n) is 12.6. The first-order valence-electron chi connectivity index (χ1n) is 7.71. The van der Waals surface area contributed by atoms with Crippen molar-refractivity contribution in [3.63, 3.8) is 0 Å². The second kappa shape index (κ2) is 6.23. The summed E-state index contributed by atoms with van der Waals surface area (Å²) in [6, 6.07) is -0.118. The van der Waals surface area contributed by atoms with Gasteiger partial charge in [0.05, 0.1) is 12.1 Å². The zero-order chi connectivity index (χ0) is 13.9. The number of ether oxygens (including phenoxy) is 1. The number of carbonyl (C=O) groups excluding carboxylic acids is 1. The van der Waals surface area contributed by atoms with Gasteiger partial charge in [-0.05, 0) is 40.0 Å². The molecule has 2 rings (SSSR count). The third-order valence-electron chi connectivity index (χ3n) is 4.72. The van der Waals surface area contributed by atoms with Gasteiger partial charge in [-0.15, -0.1) is 0 Å². The van der Waals surface area contributed by atoms with Crippen molar-refractivity contribution < 1.29 is 9.53 Å². The maximum Gasteiger partial charge on any atom is 0.239 e. The van der Waals surface area contributed by atoms with Crippen LogP contribution in [0.3, 0.4) is 0 Å². The van der Waals surface area contributed by atoms with E-state index in [4.69, 9.17) is 4.74 Å². The summed E-state index contributed by atoms with van der Waals surface area (Å²) in [6.45, 7) is 8.88. The van der Waals surface area contributed by atoms with E-state index in [1.165, 1.54) is 12.8 Å². The summed E-state index contributed by atoms with van der Waals surface area (Å²) in [4.78, 5) is 14.5. The highest BCUT2D eigenvalue weighted by Gasteiger charge is 2.39. The number of carbonyl (C=O) groups is 1. The van der Waals surface area contributed by atoms with Crippen molar-refractivity contribution in [1.82, 2.24) is 10.2 Å². The van der Waals surface area contributed by atoms with E-state index in [1.807, 2.05) is 11.8 Å². The number of rotatable bonds is 3. The molecule has 0 aromatic carbocycles. The summed E-state index contributed by atoms with van der Waals surface area (Å²) in [5, 5.41) is 3.51. The van der Waals surface area contributed by atoms with Gasteiger partial charge < -0.3 is 9.64 Å². The van der Waals surface area contributed by atoms with Crippen LogP contribution in [0.5, 0.6) is 0 Å². The summed E-state index contributed by atoms with van der Waals surface area (Å²) in [5.74, 6) is 0.252. The maximum atomic E-state index is 12.5. The predicted octanol–water partition coefficient (Wildman–Crippen LogP) is 1.93. The Bertz CT molecular complexity index is 313. The van der Waals surface area contributed by atoms with Crippen LogP contribution in [-0.4, -0.2) is 48.2 Å². The van der Waals surface area contributed by atoms with Gasteiger partial charge in [0.1, 0.15) is 0 Å². The van der Waals surface area contributed by atoms with E-state index in [9.17, 15) is 4.79 Å². The van der Waals surface area contributed by atoms with Gasteiger partial charge in [-0.3, -0.25) is 10.1 Å². The molecule has 2 aliphatic rings. The molecular formula is C15H28N2O2. The third-order valence-corrected chi connectivity index (χ3v) is 4.72. The Hall–Kier alpha value is -0.610. The summed E-state index contributed by atoms with van der Waals surface area (Å²) >= 11 is 0. The van der Waals surface area contributed by atoms with Crippen LogP contribution in [0, 0.1) is 0 Å². The summed E-state index contributed by atoms with van der Waals surface area (Å²) in [7, 11) is 0. The third kappa shape index (κ3) is 3.48. The standard InChI is InChI=1S/C15H28N2O2/c1-12(16-15(3)8-11-19-13(15)2)14(18)17-9-6-4-5-7-10-17/h12-13,16H,4-11H2,1-3H3. The zero-order valence-corrected chi connectivity index (χ0v) is 12.6. The van der Waals surface area contributed by atoms with E-state index in [0.717, 1.165) is 39.0 Å². The first kappa shape index (κ1) is 14.8. The number of hydrogen-bond acceptors (Lipinski definition) is 3. The normalized spacial score (nSPS) is 34.1. The number of likely N-dealkylation sites (tertiary alicyclic amines) is 1. The molecule has 3 atom stereocenters. The summed E-state index contributed by atoms with van der Waals surface area (Å²) < 4.78 is 5.63. The van der Waals surface area contributed by atoms with Gasteiger partial charge in [-0.2, -0.15) is 0 Å². The molecule has 1 amide bonds. The monoisotopic (exact) mass is 268 g/mol. The molecule has 2 aliphatic heterocycles. The van der Waals surface area contributed by atoms with Crippen LogP contribution in [0.25, 0.3) is 0 Å². The van der Waals surface area contributed by atoms with Gasteiger partial charge in [0.25, 0.3) is 0 Å². The maximum absolute atomic E-state index is 12.5. The van der Waals surface area contributed by atoms with Crippen molar-refractivity contribution >= 4 is 5.91 Å². The molecule has 4 heteroatoms. The van der Waals surface area contributed by atoms with Crippen molar-refractivity contribution in [3.05, 3.63) is 0 Å². The molecule has 0 spiro atoms. The first-order chi connectivity index (χ1) is 9.03. The summed E-state index contributed by atoms with van der Waals surface area (Å²) in [5.41, 5.74) is -0.0685. The molecule has 0 aliphatic carbocycles. The summed E-state index contributed by atoms with van der Waals surface area (Å²) in [6.07, 6.45) is 5.96. The minimum Gasteiger partial charge on any atom is -0.377 e. The molecule has 0 bridgehead atoms. The molecule has 3 unspecified atom stereocenters. The Balaban J connectivity index is 1.91. The van der Waals surface area contributed by atoms with E-state index < -0.39 is 0 Å². The average molecular weight is 268 g/mol. The molecule has 110 valence electrons. The minimum absolute atomic E-state index is 0.0685. The van der Waals surface area contributed by atoms with Crippen molar-refractivity contribution in [2.75, 3.05) is 19.7 Å². The van der Waals surface area contributed by atoms with Gasteiger partial charge in [0.2, 0.25) is 5.91 Å². The molecule has 0 aromatic heterocycles. The lowest BCUT2D eigenvalue weighted by Gasteiger charge is -2.34. The van der Waals surface area contributed by atoms with Gasteiger partial charge in [-0.1, -0.05) is 12.8 Å². The molecule has 2 saturated heterocycles. The quantitative estimate of drug-likeness (QED) is 0.850. The predicted molar refractivity (Wildman–Crippen MR) is 76.1 cm³/mol. The van der Waals surface area contributed by atoms with Gasteiger partial charge >= 0.3 is 0 Å². The van der Waals surface area contributed by atoms with E-state index in [1.54, 1.807) is 0 Å². The number of nitrogens with zero attached hydrogens (tertiary/aromatic N) is 1. The van der Waals surface area contributed by atoms with Crippen molar-refractivity contribution in [2.24, 2.45) is 0 Å². The van der Waals surface area contributed by atoms with Gasteiger partial charge in [0.15, 0.2) is 0 Å². The average Bonchev–Trinajstić information content (AvgIpc) is 2.62. The highest BCUT2D eigenvalue weighted by atomic mass is 16.5. The molecule has 0 aromatic rings. The Labute approximate surface area is 116 Å². The lowest BCUT2D eigenvalue weighted by atomic mass is 9.93. The molecule has 19 heavy (non-hydrogen) atoms. The fourth-order valence-corrected chi connectivity index (χ4v) is 3.15. The molecule has 2 fully saturated rings. The highest BCUT2D eigenvalue weighted by Crippen LogP contribution is 2.26. The van der Waals surface area contributed by atoms with E-state index in [-0.39, 0.29) is 23.6 Å². The smallest absolute Gasteiger partial charge is 0.239 e. The molecular weight excluding hydrogens is 240 g/mol. The molecule has 0 saturated carbocycles. The van der Waals surface area contributed by atoms with E-state index >= 15 is 0 Å². The van der Waals surface area contributed by atoms with E-state index in [0.29, 0.717) is 0 Å². The number of nitrogens with one attached hydrogen (secondary N) is 1. The van der Waals surface area contributed by atoms with Crippen LogP contribution >= 0.6 is 0 Å². The first-order valence-corrected chi connectivity index (χ1v) is 7.71. The fraction of sp³-hybridized carbons (Fsp3) is 0.933. The van der Waals surface area contributed by atoms with Crippen LogP contribution < -0.4 is 5.32 Å². The van der Waals surface area contributed by atoms with Crippen LogP contribution in [0.1, 0.15) is 52.9 Å². The highest BCUT2D eigenvalue weighted by molar-refractivity contribution is 5.81. The van der Waals surface area contributed by atoms with Crippen molar-refractivity contribution in [2.45, 2.75) is 70.6 Å².